The van der Waals surface area contributed by atoms with Crippen LogP contribution in [0.3, 0.4) is 0 Å². The van der Waals surface area contributed by atoms with Gasteiger partial charge in [-0.1, -0.05) is 116 Å². The molecule has 0 bridgehead atoms. The Labute approximate surface area is 308 Å². The average molecular weight is 678 g/mol. The number of hydrogen-bond donors (Lipinski definition) is 0. The van der Waals surface area contributed by atoms with Gasteiger partial charge in [0.15, 0.2) is 0 Å². The average Bonchev–Trinajstić information content (AvgIpc) is 3.74. The van der Waals surface area contributed by atoms with E-state index in [1.165, 1.54) is 77.4 Å². The highest BCUT2D eigenvalue weighted by Gasteiger charge is 2.27. The maximum atomic E-state index is 9.66. The highest BCUT2D eigenvalue weighted by molar-refractivity contribution is 6.11. The Hall–Kier alpha value is -6.89. The van der Waals surface area contributed by atoms with Crippen molar-refractivity contribution in [3.05, 3.63) is 192 Å². The molecule has 0 N–H and O–H groups in total. The lowest BCUT2D eigenvalue weighted by Gasteiger charge is -2.24. The van der Waals surface area contributed by atoms with Crippen LogP contribution in [0.25, 0.3) is 78.0 Å². The first kappa shape index (κ1) is 30.9. The summed E-state index contributed by atoms with van der Waals surface area (Å²) in [5.41, 5.74) is 16.5. The molecule has 0 radical (unpaired) electrons. The van der Waals surface area contributed by atoms with Crippen LogP contribution < -0.4 is 0 Å². The third-order valence-corrected chi connectivity index (χ3v) is 11.0. The van der Waals surface area contributed by atoms with Crippen molar-refractivity contribution in [2.45, 2.75) is 19.3 Å². The van der Waals surface area contributed by atoms with E-state index in [9.17, 15) is 5.26 Å². The van der Waals surface area contributed by atoms with Crippen molar-refractivity contribution in [3.63, 3.8) is 0 Å². The summed E-state index contributed by atoms with van der Waals surface area (Å²) < 4.78 is 4.77. The van der Waals surface area contributed by atoms with Crippen molar-refractivity contribution in [2.24, 2.45) is 0 Å². The SMILES string of the molecule is CC1CC(c2ccc3c(c2)c2ccccc2n3-c2ccc(-c3cccc(-c4ccccc4)c3)cc2)=Cc2c1n(-c1cccc(C#N)c1)c1ccccc21. The maximum absolute atomic E-state index is 9.66. The highest BCUT2D eigenvalue weighted by Crippen LogP contribution is 2.45. The van der Waals surface area contributed by atoms with Crippen LogP contribution in [0, 0.1) is 11.3 Å². The third kappa shape index (κ3) is 5.11. The lowest BCUT2D eigenvalue weighted by atomic mass is 9.84. The fraction of sp³-hybridized carbons (Fsp3) is 0.0600. The zero-order chi connectivity index (χ0) is 35.5. The molecule has 1 aliphatic carbocycles. The Morgan fingerprint density at radius 3 is 1.89 bits per heavy atom. The van der Waals surface area contributed by atoms with Crippen LogP contribution in [0.1, 0.15) is 41.6 Å². The minimum Gasteiger partial charge on any atom is -0.313 e. The molecule has 2 heterocycles. The number of benzene rings is 7. The molecule has 3 nitrogen and oxygen atoms in total. The van der Waals surface area contributed by atoms with E-state index in [0.717, 1.165) is 17.8 Å². The predicted molar refractivity (Wildman–Crippen MR) is 221 cm³/mol. The number of nitriles is 1. The molecule has 10 rings (SSSR count). The van der Waals surface area contributed by atoms with Gasteiger partial charge in [0.05, 0.1) is 28.2 Å². The second kappa shape index (κ2) is 12.4. The van der Waals surface area contributed by atoms with Crippen LogP contribution in [0.2, 0.25) is 0 Å². The van der Waals surface area contributed by atoms with E-state index < -0.39 is 0 Å². The fourth-order valence-electron chi connectivity index (χ4n) is 8.54. The standard InChI is InChI=1S/C50H35N3/c1-33-27-40(31-46-44-18-6-8-20-48(44)53(50(33)46)42-16-9-11-34(28-42)32-51)39-23-26-49-45(30-39)43-17-5-7-19-47(43)52(49)41-24-21-36(22-25-41)38-15-10-14-37(29-38)35-12-3-2-4-13-35/h2-26,28-31,33H,27H2,1H3. The minimum absolute atomic E-state index is 0.284. The number of para-hydroxylation sites is 2. The van der Waals surface area contributed by atoms with Gasteiger partial charge in [-0.3, -0.25) is 0 Å². The van der Waals surface area contributed by atoms with E-state index in [-0.39, 0.29) is 5.92 Å². The summed E-state index contributed by atoms with van der Waals surface area (Å²) in [4.78, 5) is 0. The Morgan fingerprint density at radius 2 is 1.11 bits per heavy atom. The number of rotatable bonds is 5. The van der Waals surface area contributed by atoms with Crippen molar-refractivity contribution in [3.8, 4) is 39.7 Å². The summed E-state index contributed by atoms with van der Waals surface area (Å²) >= 11 is 0. The smallest absolute Gasteiger partial charge is 0.0992 e. The van der Waals surface area contributed by atoms with Crippen molar-refractivity contribution >= 4 is 44.4 Å². The zero-order valence-corrected chi connectivity index (χ0v) is 29.4. The van der Waals surface area contributed by atoms with Gasteiger partial charge in [0, 0.05) is 44.7 Å². The molecular formula is C50H35N3. The Morgan fingerprint density at radius 1 is 0.491 bits per heavy atom. The summed E-state index contributed by atoms with van der Waals surface area (Å²) in [5, 5.41) is 13.4. The minimum atomic E-state index is 0.284. The molecule has 3 heteroatoms. The number of nitrogens with zero attached hydrogens (tertiary/aromatic N) is 3. The fourth-order valence-corrected chi connectivity index (χ4v) is 8.54. The topological polar surface area (TPSA) is 33.6 Å². The Balaban J connectivity index is 1.06. The molecule has 0 saturated heterocycles. The van der Waals surface area contributed by atoms with Crippen LogP contribution in [0.5, 0.6) is 0 Å². The number of hydrogen-bond acceptors (Lipinski definition) is 1. The highest BCUT2D eigenvalue weighted by atomic mass is 15.0. The summed E-state index contributed by atoms with van der Waals surface area (Å²) in [6.07, 6.45) is 3.34. The van der Waals surface area contributed by atoms with Crippen molar-refractivity contribution in [1.82, 2.24) is 9.13 Å². The molecule has 0 aliphatic heterocycles. The summed E-state index contributed by atoms with van der Waals surface area (Å²) in [5.74, 6) is 0.284. The second-order valence-electron chi connectivity index (χ2n) is 14.2. The van der Waals surface area contributed by atoms with Gasteiger partial charge in [-0.25, -0.2) is 0 Å². The normalized spacial score (nSPS) is 14.0. The van der Waals surface area contributed by atoms with Crippen molar-refractivity contribution < 1.29 is 0 Å². The van der Waals surface area contributed by atoms with Gasteiger partial charge in [-0.2, -0.15) is 5.26 Å². The second-order valence-corrected chi connectivity index (χ2v) is 14.2. The van der Waals surface area contributed by atoms with Crippen LogP contribution in [0.4, 0.5) is 0 Å². The maximum Gasteiger partial charge on any atom is 0.0992 e. The molecule has 7 aromatic carbocycles. The van der Waals surface area contributed by atoms with E-state index in [2.05, 4.69) is 180 Å². The Kier molecular flexibility index (Phi) is 7.23. The molecule has 2 aromatic heterocycles. The molecule has 1 atom stereocenters. The largest absolute Gasteiger partial charge is 0.313 e. The van der Waals surface area contributed by atoms with Gasteiger partial charge in [-0.15, -0.1) is 0 Å². The molecule has 1 aliphatic rings. The first-order valence-electron chi connectivity index (χ1n) is 18.3. The van der Waals surface area contributed by atoms with Crippen LogP contribution >= 0.6 is 0 Å². The van der Waals surface area contributed by atoms with E-state index in [1.54, 1.807) is 0 Å². The summed E-state index contributed by atoms with van der Waals surface area (Å²) in [7, 11) is 0. The number of aromatic nitrogens is 2. The number of fused-ring (bicyclic) bond motifs is 6. The Bertz CT molecular complexity index is 2930. The molecule has 0 amide bonds. The van der Waals surface area contributed by atoms with Gasteiger partial charge >= 0.3 is 0 Å². The van der Waals surface area contributed by atoms with E-state index in [1.807, 2.05) is 18.2 Å². The van der Waals surface area contributed by atoms with Crippen LogP contribution in [-0.4, -0.2) is 9.13 Å². The molecule has 53 heavy (non-hydrogen) atoms. The predicted octanol–water partition coefficient (Wildman–Crippen LogP) is 13.0. The van der Waals surface area contributed by atoms with E-state index in [4.69, 9.17) is 0 Å². The first-order chi connectivity index (χ1) is 26.1. The molecule has 250 valence electrons. The van der Waals surface area contributed by atoms with E-state index >= 15 is 0 Å². The summed E-state index contributed by atoms with van der Waals surface area (Å²) in [6.45, 7) is 2.33. The van der Waals surface area contributed by atoms with Gasteiger partial charge in [0.1, 0.15) is 0 Å². The molecule has 1 unspecified atom stereocenters. The number of allylic oxidation sites excluding steroid dienone is 1. The van der Waals surface area contributed by atoms with Gasteiger partial charge in [0.25, 0.3) is 0 Å². The quantitative estimate of drug-likeness (QED) is 0.178. The lowest BCUT2D eigenvalue weighted by molar-refractivity contribution is 0.733. The third-order valence-electron chi connectivity index (χ3n) is 11.0. The first-order valence-corrected chi connectivity index (χ1v) is 18.3. The lowest BCUT2D eigenvalue weighted by Crippen LogP contribution is -2.09. The molecule has 0 saturated carbocycles. The molecule has 9 aromatic rings. The van der Waals surface area contributed by atoms with E-state index in [0.29, 0.717) is 5.56 Å². The molecule has 0 spiro atoms. The van der Waals surface area contributed by atoms with Gasteiger partial charge in [-0.05, 0) is 107 Å². The van der Waals surface area contributed by atoms with Gasteiger partial charge < -0.3 is 9.13 Å². The molecule has 0 fully saturated rings. The van der Waals surface area contributed by atoms with Crippen LogP contribution in [-0.2, 0) is 0 Å². The van der Waals surface area contributed by atoms with Gasteiger partial charge in [0.2, 0.25) is 0 Å². The van der Waals surface area contributed by atoms with Crippen molar-refractivity contribution in [2.75, 3.05) is 0 Å². The van der Waals surface area contributed by atoms with Crippen molar-refractivity contribution in [1.29, 1.82) is 5.26 Å². The zero-order valence-electron chi connectivity index (χ0n) is 29.4. The summed E-state index contributed by atoms with van der Waals surface area (Å²) in [6, 6.07) is 63.1. The monoisotopic (exact) mass is 677 g/mol. The van der Waals surface area contributed by atoms with Crippen LogP contribution in [0.15, 0.2) is 170 Å². The molecular weight excluding hydrogens is 643 g/mol.